The zero-order chi connectivity index (χ0) is 20.9. The van der Waals surface area contributed by atoms with Crippen molar-refractivity contribution in [2.45, 2.75) is 50.7 Å². The van der Waals surface area contributed by atoms with E-state index in [1.807, 2.05) is 13.0 Å². The topological polar surface area (TPSA) is 67.1 Å². The zero-order valence-electron chi connectivity index (χ0n) is 16.8. The maximum absolute atomic E-state index is 13.2. The minimum atomic E-state index is -4.34. The first-order chi connectivity index (χ1) is 13.8. The molecule has 0 spiro atoms. The van der Waals surface area contributed by atoms with E-state index >= 15 is 0 Å². The Morgan fingerprint density at radius 1 is 1.24 bits per heavy atom. The second-order valence-electron chi connectivity index (χ2n) is 7.41. The van der Waals surface area contributed by atoms with Gasteiger partial charge in [-0.05, 0) is 31.4 Å². The van der Waals surface area contributed by atoms with Gasteiger partial charge in [0, 0.05) is 25.6 Å². The number of nitrogens with zero attached hydrogens (tertiary/aromatic N) is 4. The molecular weight excluding hydrogens is 381 g/mol. The van der Waals surface area contributed by atoms with Gasteiger partial charge < -0.3 is 10.6 Å². The Bertz CT molecular complexity index is 837. The molecule has 1 aliphatic carbocycles. The predicted molar refractivity (Wildman–Crippen MR) is 105 cm³/mol. The average Bonchev–Trinajstić information content (AvgIpc) is 3.33. The van der Waals surface area contributed by atoms with Crippen LogP contribution in [0.1, 0.15) is 49.6 Å². The third kappa shape index (κ3) is 5.07. The van der Waals surface area contributed by atoms with E-state index in [1.165, 1.54) is 18.5 Å². The lowest BCUT2D eigenvalue weighted by Crippen LogP contribution is -2.44. The maximum atomic E-state index is 13.2. The molecule has 2 N–H and O–H groups in total. The molecular formula is C20H27F3N6. The molecule has 158 valence electrons. The molecule has 2 aromatic rings. The Morgan fingerprint density at radius 3 is 2.62 bits per heavy atom. The van der Waals surface area contributed by atoms with Crippen molar-refractivity contribution in [2.75, 3.05) is 13.1 Å². The molecule has 1 saturated carbocycles. The van der Waals surface area contributed by atoms with Crippen LogP contribution in [0.2, 0.25) is 0 Å². The van der Waals surface area contributed by atoms with E-state index in [2.05, 4.69) is 25.7 Å². The minimum Gasteiger partial charge on any atom is -0.357 e. The standard InChI is InChI=1S/C20H27F3N6/c1-3-24-18(25-12-17-27-14-28-29(17)2)26-13-19(9-4-5-10-19)15-7-6-8-16(11-15)20(21,22)23/h6-8,11,14H,3-5,9-10,12-13H2,1-2H3,(H2,24,25,26). The van der Waals surface area contributed by atoms with E-state index < -0.39 is 11.7 Å². The zero-order valence-corrected chi connectivity index (χ0v) is 16.8. The van der Waals surface area contributed by atoms with Crippen molar-refractivity contribution in [3.63, 3.8) is 0 Å². The van der Waals surface area contributed by atoms with Gasteiger partial charge in [0.15, 0.2) is 5.96 Å². The fraction of sp³-hybridized carbons (Fsp3) is 0.550. The molecule has 0 aliphatic heterocycles. The number of halogens is 3. The van der Waals surface area contributed by atoms with Crippen LogP contribution in [-0.4, -0.2) is 33.8 Å². The second kappa shape index (κ2) is 8.84. The Labute approximate surface area is 168 Å². The number of aliphatic imine (C=N–C) groups is 1. The molecule has 1 aromatic carbocycles. The maximum Gasteiger partial charge on any atom is 0.416 e. The van der Waals surface area contributed by atoms with Crippen molar-refractivity contribution < 1.29 is 13.2 Å². The van der Waals surface area contributed by atoms with Crippen molar-refractivity contribution >= 4 is 5.96 Å². The van der Waals surface area contributed by atoms with Gasteiger partial charge >= 0.3 is 6.18 Å². The highest BCUT2D eigenvalue weighted by Crippen LogP contribution is 2.42. The number of hydrogen-bond donors (Lipinski definition) is 2. The lowest BCUT2D eigenvalue weighted by Gasteiger charge is -2.31. The first-order valence-electron chi connectivity index (χ1n) is 9.87. The predicted octanol–water partition coefficient (Wildman–Crippen LogP) is 3.40. The number of guanidine groups is 1. The van der Waals surface area contributed by atoms with E-state index in [4.69, 9.17) is 0 Å². The molecule has 0 saturated heterocycles. The van der Waals surface area contributed by atoms with Crippen molar-refractivity contribution in [2.24, 2.45) is 12.0 Å². The lowest BCUT2D eigenvalue weighted by molar-refractivity contribution is -0.137. The van der Waals surface area contributed by atoms with Gasteiger partial charge in [-0.25, -0.2) is 9.98 Å². The quantitative estimate of drug-likeness (QED) is 0.568. The van der Waals surface area contributed by atoms with Crippen LogP contribution in [0.3, 0.4) is 0 Å². The molecule has 6 nitrogen and oxygen atoms in total. The fourth-order valence-electron chi connectivity index (χ4n) is 3.85. The summed E-state index contributed by atoms with van der Waals surface area (Å²) >= 11 is 0. The molecule has 9 heteroatoms. The summed E-state index contributed by atoms with van der Waals surface area (Å²) in [5.74, 6) is 1.35. The highest BCUT2D eigenvalue weighted by Gasteiger charge is 2.38. The van der Waals surface area contributed by atoms with E-state index in [9.17, 15) is 13.2 Å². The van der Waals surface area contributed by atoms with Crippen molar-refractivity contribution in [1.82, 2.24) is 25.4 Å². The fourth-order valence-corrected chi connectivity index (χ4v) is 3.85. The number of nitrogens with one attached hydrogen (secondary N) is 2. The van der Waals surface area contributed by atoms with E-state index in [0.29, 0.717) is 25.6 Å². The third-order valence-corrected chi connectivity index (χ3v) is 5.49. The van der Waals surface area contributed by atoms with Crippen LogP contribution in [0, 0.1) is 0 Å². The third-order valence-electron chi connectivity index (χ3n) is 5.49. The number of aromatic nitrogens is 3. The van der Waals surface area contributed by atoms with Gasteiger partial charge in [0.05, 0.1) is 5.56 Å². The SMILES string of the molecule is CCNC(=NCc1ncnn1C)NCC1(c2cccc(C(F)(F)F)c2)CCCC1. The Morgan fingerprint density at radius 2 is 2.00 bits per heavy atom. The average molecular weight is 408 g/mol. The van der Waals surface area contributed by atoms with Gasteiger partial charge in [-0.15, -0.1) is 0 Å². The van der Waals surface area contributed by atoms with Crippen LogP contribution in [-0.2, 0) is 25.2 Å². The Kier molecular flexibility index (Phi) is 6.44. The molecule has 0 atom stereocenters. The highest BCUT2D eigenvalue weighted by molar-refractivity contribution is 5.79. The van der Waals surface area contributed by atoms with Crippen LogP contribution in [0.5, 0.6) is 0 Å². The molecule has 29 heavy (non-hydrogen) atoms. The van der Waals surface area contributed by atoms with Crippen molar-refractivity contribution in [3.05, 3.63) is 47.5 Å². The largest absolute Gasteiger partial charge is 0.416 e. The van der Waals surface area contributed by atoms with Gasteiger partial charge in [-0.1, -0.05) is 31.0 Å². The molecule has 0 bridgehead atoms. The molecule has 0 unspecified atom stereocenters. The number of benzene rings is 1. The summed E-state index contributed by atoms with van der Waals surface area (Å²) in [4.78, 5) is 8.71. The number of rotatable bonds is 6. The Hall–Kier alpha value is -2.58. The van der Waals surface area contributed by atoms with Crippen LogP contribution in [0.15, 0.2) is 35.6 Å². The molecule has 1 heterocycles. The smallest absolute Gasteiger partial charge is 0.357 e. The van der Waals surface area contributed by atoms with Crippen molar-refractivity contribution in [3.8, 4) is 0 Å². The Balaban J connectivity index is 1.78. The van der Waals surface area contributed by atoms with Gasteiger partial charge in [0.1, 0.15) is 18.7 Å². The normalized spacial score (nSPS) is 16.8. The van der Waals surface area contributed by atoms with Gasteiger partial charge in [0.2, 0.25) is 0 Å². The minimum absolute atomic E-state index is 0.331. The first kappa shape index (κ1) is 21.1. The highest BCUT2D eigenvalue weighted by atomic mass is 19.4. The van der Waals surface area contributed by atoms with Gasteiger partial charge in [-0.2, -0.15) is 18.3 Å². The first-order valence-corrected chi connectivity index (χ1v) is 9.87. The van der Waals surface area contributed by atoms with Crippen LogP contribution in [0.4, 0.5) is 13.2 Å². The summed E-state index contributed by atoms with van der Waals surface area (Å²) < 4.78 is 41.3. The van der Waals surface area contributed by atoms with Crippen molar-refractivity contribution in [1.29, 1.82) is 0 Å². The van der Waals surface area contributed by atoms with E-state index in [0.717, 1.165) is 43.1 Å². The van der Waals surface area contributed by atoms with E-state index in [-0.39, 0.29) is 5.41 Å². The van der Waals surface area contributed by atoms with Crippen LogP contribution in [0.25, 0.3) is 0 Å². The monoisotopic (exact) mass is 408 g/mol. The molecule has 0 radical (unpaired) electrons. The summed E-state index contributed by atoms with van der Waals surface area (Å²) in [6.45, 7) is 3.54. The number of aryl methyl sites for hydroxylation is 1. The summed E-state index contributed by atoms with van der Waals surface area (Å²) in [6, 6.07) is 5.75. The second-order valence-corrected chi connectivity index (χ2v) is 7.41. The number of hydrogen-bond acceptors (Lipinski definition) is 3. The molecule has 0 amide bonds. The summed E-state index contributed by atoms with van der Waals surface area (Å²) in [7, 11) is 1.80. The molecule has 1 aliphatic rings. The van der Waals surface area contributed by atoms with Crippen LogP contribution >= 0.6 is 0 Å². The van der Waals surface area contributed by atoms with E-state index in [1.54, 1.807) is 11.7 Å². The van der Waals surface area contributed by atoms with Gasteiger partial charge in [0.25, 0.3) is 0 Å². The summed E-state index contributed by atoms with van der Waals surface area (Å²) in [6.07, 6.45) is 0.852. The molecule has 1 fully saturated rings. The van der Waals surface area contributed by atoms with Crippen LogP contribution < -0.4 is 10.6 Å². The van der Waals surface area contributed by atoms with Gasteiger partial charge in [-0.3, -0.25) is 4.68 Å². The summed E-state index contributed by atoms with van der Waals surface area (Å²) in [5.41, 5.74) is -0.187. The summed E-state index contributed by atoms with van der Waals surface area (Å²) in [5, 5.41) is 10.6. The molecule has 3 rings (SSSR count). The lowest BCUT2D eigenvalue weighted by atomic mass is 9.78. The molecule has 1 aromatic heterocycles. The number of alkyl halides is 3.